The van der Waals surface area contributed by atoms with E-state index < -0.39 is 0 Å². The molecule has 2 atom stereocenters. The van der Waals surface area contributed by atoms with Gasteiger partial charge < -0.3 is 9.47 Å². The van der Waals surface area contributed by atoms with E-state index in [4.69, 9.17) is 9.47 Å². The smallest absolute Gasteiger partial charge is 0.373 e. The van der Waals surface area contributed by atoms with E-state index in [9.17, 15) is 4.79 Å². The largest absolute Gasteiger partial charge is 0.473 e. The SMILES string of the molecule is CCOC(=O)C1=C[C@H](c2ccccc2)C[C@H](SCC)O1. The average molecular weight is 292 g/mol. The van der Waals surface area contributed by atoms with E-state index in [0.29, 0.717) is 12.4 Å². The molecule has 0 amide bonds. The Labute approximate surface area is 124 Å². The van der Waals surface area contributed by atoms with Gasteiger partial charge in [0.05, 0.1) is 6.61 Å². The second-order valence-corrected chi connectivity index (χ2v) is 5.94. The van der Waals surface area contributed by atoms with Crippen LogP contribution in [0.1, 0.15) is 31.7 Å². The molecule has 0 fully saturated rings. The van der Waals surface area contributed by atoms with E-state index >= 15 is 0 Å². The predicted octanol–water partition coefficient (Wildman–Crippen LogP) is 3.72. The van der Waals surface area contributed by atoms with Gasteiger partial charge in [-0.25, -0.2) is 4.79 Å². The van der Waals surface area contributed by atoms with Crippen LogP contribution in [-0.2, 0) is 14.3 Å². The Balaban J connectivity index is 2.21. The van der Waals surface area contributed by atoms with Crippen LogP contribution in [0.25, 0.3) is 0 Å². The van der Waals surface area contributed by atoms with Crippen LogP contribution in [0, 0.1) is 0 Å². The highest BCUT2D eigenvalue weighted by molar-refractivity contribution is 7.99. The maximum atomic E-state index is 11.9. The molecule has 3 nitrogen and oxygen atoms in total. The van der Waals surface area contributed by atoms with E-state index in [-0.39, 0.29) is 17.3 Å². The van der Waals surface area contributed by atoms with Crippen LogP contribution in [0.15, 0.2) is 42.2 Å². The molecule has 0 bridgehead atoms. The van der Waals surface area contributed by atoms with E-state index in [0.717, 1.165) is 12.2 Å². The highest BCUT2D eigenvalue weighted by Crippen LogP contribution is 2.35. The highest BCUT2D eigenvalue weighted by atomic mass is 32.2. The zero-order valence-corrected chi connectivity index (χ0v) is 12.7. The van der Waals surface area contributed by atoms with Crippen molar-refractivity contribution in [1.29, 1.82) is 0 Å². The molecule has 0 radical (unpaired) electrons. The standard InChI is InChI=1S/C16H20O3S/c1-3-18-16(17)14-10-13(11-15(19-14)20-4-2)12-8-6-5-7-9-12/h5-10,13,15H,3-4,11H2,1-2H3/t13-,15-/m0/s1. The molecule has 0 saturated heterocycles. The lowest BCUT2D eigenvalue weighted by Crippen LogP contribution is -2.23. The summed E-state index contributed by atoms with van der Waals surface area (Å²) >= 11 is 1.72. The quantitative estimate of drug-likeness (QED) is 0.775. The Morgan fingerprint density at radius 3 is 2.75 bits per heavy atom. The van der Waals surface area contributed by atoms with Crippen LogP contribution in [-0.4, -0.2) is 23.8 Å². The molecule has 1 aromatic rings. The topological polar surface area (TPSA) is 35.5 Å². The first kappa shape index (κ1) is 15.0. The molecule has 0 N–H and O–H groups in total. The maximum absolute atomic E-state index is 11.9. The van der Waals surface area contributed by atoms with Crippen LogP contribution in [0.2, 0.25) is 0 Å². The first-order valence-corrected chi connectivity index (χ1v) is 8.01. The fraction of sp³-hybridized carbons (Fsp3) is 0.438. The van der Waals surface area contributed by atoms with Gasteiger partial charge in [-0.05, 0) is 24.3 Å². The summed E-state index contributed by atoms with van der Waals surface area (Å²) < 4.78 is 10.8. The third kappa shape index (κ3) is 3.79. The van der Waals surface area contributed by atoms with Gasteiger partial charge in [0, 0.05) is 12.3 Å². The highest BCUT2D eigenvalue weighted by Gasteiger charge is 2.28. The fourth-order valence-corrected chi connectivity index (χ4v) is 3.11. The molecule has 1 heterocycles. The van der Waals surface area contributed by atoms with Gasteiger partial charge in [-0.2, -0.15) is 0 Å². The summed E-state index contributed by atoms with van der Waals surface area (Å²) in [6.45, 7) is 4.25. The first-order chi connectivity index (χ1) is 9.74. The van der Waals surface area contributed by atoms with Crippen LogP contribution >= 0.6 is 11.8 Å². The van der Waals surface area contributed by atoms with E-state index in [1.54, 1.807) is 18.7 Å². The van der Waals surface area contributed by atoms with E-state index in [2.05, 4.69) is 19.1 Å². The molecule has 0 unspecified atom stereocenters. The third-order valence-corrected chi connectivity index (χ3v) is 4.11. The monoisotopic (exact) mass is 292 g/mol. The number of carbonyl (C=O) groups excluding carboxylic acids is 1. The molecule has 0 saturated carbocycles. The van der Waals surface area contributed by atoms with Crippen molar-refractivity contribution in [3.05, 3.63) is 47.7 Å². The van der Waals surface area contributed by atoms with Crippen molar-refractivity contribution in [1.82, 2.24) is 0 Å². The van der Waals surface area contributed by atoms with Crippen molar-refractivity contribution >= 4 is 17.7 Å². The fourth-order valence-electron chi connectivity index (χ4n) is 2.23. The van der Waals surface area contributed by atoms with Crippen molar-refractivity contribution < 1.29 is 14.3 Å². The number of esters is 1. The summed E-state index contributed by atoms with van der Waals surface area (Å²) in [6.07, 6.45) is 2.77. The van der Waals surface area contributed by atoms with E-state index in [1.165, 1.54) is 5.56 Å². The normalized spacial score (nSPS) is 21.8. The molecule has 20 heavy (non-hydrogen) atoms. The molecular weight excluding hydrogens is 272 g/mol. The minimum absolute atomic E-state index is 0.00890. The predicted molar refractivity (Wildman–Crippen MR) is 81.5 cm³/mol. The zero-order valence-electron chi connectivity index (χ0n) is 11.9. The third-order valence-electron chi connectivity index (χ3n) is 3.11. The molecule has 0 aliphatic carbocycles. The van der Waals surface area contributed by atoms with Gasteiger partial charge in [0.15, 0.2) is 0 Å². The van der Waals surface area contributed by atoms with Gasteiger partial charge in [-0.3, -0.25) is 0 Å². The number of benzene rings is 1. The maximum Gasteiger partial charge on any atom is 0.373 e. The first-order valence-electron chi connectivity index (χ1n) is 6.96. The molecule has 0 aromatic heterocycles. The summed E-state index contributed by atoms with van der Waals surface area (Å²) in [5.74, 6) is 1.14. The van der Waals surface area contributed by atoms with Gasteiger partial charge >= 0.3 is 5.97 Å². The average Bonchev–Trinajstić information content (AvgIpc) is 2.48. The second kappa shape index (κ2) is 7.39. The van der Waals surface area contributed by atoms with Crippen molar-refractivity contribution in [3.8, 4) is 0 Å². The number of rotatable bonds is 5. The Morgan fingerprint density at radius 1 is 1.35 bits per heavy atom. The second-order valence-electron chi connectivity index (χ2n) is 4.51. The molecular formula is C16H20O3S. The molecule has 1 aliphatic rings. The van der Waals surface area contributed by atoms with Gasteiger partial charge in [0.1, 0.15) is 5.44 Å². The Kier molecular flexibility index (Phi) is 5.53. The summed E-state index contributed by atoms with van der Waals surface area (Å²) in [6, 6.07) is 10.2. The molecule has 4 heteroatoms. The molecule has 0 spiro atoms. The summed E-state index contributed by atoms with van der Waals surface area (Å²) in [7, 11) is 0. The van der Waals surface area contributed by atoms with E-state index in [1.807, 2.05) is 24.3 Å². The van der Waals surface area contributed by atoms with Crippen molar-refractivity contribution in [2.24, 2.45) is 0 Å². The van der Waals surface area contributed by atoms with Gasteiger partial charge in [-0.1, -0.05) is 37.3 Å². The minimum atomic E-state index is -0.366. The summed E-state index contributed by atoms with van der Waals surface area (Å²) in [5, 5.41) is 0. The number of allylic oxidation sites excluding steroid dienone is 1. The summed E-state index contributed by atoms with van der Waals surface area (Å²) in [5.41, 5.74) is 1.22. The van der Waals surface area contributed by atoms with Crippen molar-refractivity contribution in [2.75, 3.05) is 12.4 Å². The molecule has 1 aromatic carbocycles. The number of thioether (sulfide) groups is 1. The molecule has 1 aliphatic heterocycles. The van der Waals surface area contributed by atoms with Crippen molar-refractivity contribution in [2.45, 2.75) is 31.6 Å². The van der Waals surface area contributed by atoms with Crippen LogP contribution in [0.4, 0.5) is 0 Å². The lowest BCUT2D eigenvalue weighted by molar-refractivity contribution is -0.143. The minimum Gasteiger partial charge on any atom is -0.473 e. The molecule has 108 valence electrons. The Hall–Kier alpha value is -1.42. The van der Waals surface area contributed by atoms with Gasteiger partial charge in [0.25, 0.3) is 0 Å². The zero-order chi connectivity index (χ0) is 14.4. The van der Waals surface area contributed by atoms with Crippen molar-refractivity contribution in [3.63, 3.8) is 0 Å². The molecule has 2 rings (SSSR count). The lowest BCUT2D eigenvalue weighted by atomic mass is 9.94. The van der Waals surface area contributed by atoms with Gasteiger partial charge in [0.2, 0.25) is 5.76 Å². The van der Waals surface area contributed by atoms with Gasteiger partial charge in [-0.15, -0.1) is 11.8 Å². The number of hydrogen-bond acceptors (Lipinski definition) is 4. The number of carbonyl (C=O) groups is 1. The van der Waals surface area contributed by atoms with Crippen LogP contribution in [0.3, 0.4) is 0 Å². The van der Waals surface area contributed by atoms with Crippen LogP contribution in [0.5, 0.6) is 0 Å². The summed E-state index contributed by atoms with van der Waals surface area (Å²) in [4.78, 5) is 11.9. The van der Waals surface area contributed by atoms with Crippen LogP contribution < -0.4 is 0 Å². The Morgan fingerprint density at radius 2 is 2.10 bits per heavy atom. The number of ether oxygens (including phenoxy) is 2. The lowest BCUT2D eigenvalue weighted by Gasteiger charge is -2.28. The Bertz CT molecular complexity index is 470. The number of hydrogen-bond donors (Lipinski definition) is 0.